The van der Waals surface area contributed by atoms with E-state index in [1.165, 1.54) is 3.12 Å². The van der Waals surface area contributed by atoms with Gasteiger partial charge in [0.25, 0.3) is 0 Å². The first-order chi connectivity index (χ1) is 7.45. The van der Waals surface area contributed by atoms with E-state index in [4.69, 9.17) is 5.26 Å². The summed E-state index contributed by atoms with van der Waals surface area (Å²) in [4.78, 5) is 18.1. The molecule has 4 heteroatoms. The standard InChI is InChI=1S/C9H8N2O.3CH3.Sn/c10-7-11-9(12)6-8-4-2-1-3-5-8;;;;/h1-5H,6H2,(H,11,12);3*1H3;/q;;;;+1/p-1. The van der Waals surface area contributed by atoms with Crippen molar-refractivity contribution in [3.63, 3.8) is 0 Å². The Morgan fingerprint density at radius 2 is 1.88 bits per heavy atom. The van der Waals surface area contributed by atoms with Crippen LogP contribution in [0.2, 0.25) is 14.8 Å². The van der Waals surface area contributed by atoms with Gasteiger partial charge in [0.15, 0.2) is 0 Å². The summed E-state index contributed by atoms with van der Waals surface area (Å²) in [6, 6.07) is 9.54. The zero-order valence-electron chi connectivity index (χ0n) is 9.90. The van der Waals surface area contributed by atoms with Crippen LogP contribution in [0.5, 0.6) is 0 Å². The number of rotatable bonds is 3. The van der Waals surface area contributed by atoms with Gasteiger partial charge in [0.1, 0.15) is 0 Å². The van der Waals surface area contributed by atoms with Crippen molar-refractivity contribution in [1.29, 1.82) is 5.26 Å². The third kappa shape index (κ3) is 3.53. The van der Waals surface area contributed by atoms with Crippen LogP contribution in [0.4, 0.5) is 0 Å². The van der Waals surface area contributed by atoms with E-state index in [-0.39, 0.29) is 5.91 Å². The van der Waals surface area contributed by atoms with E-state index in [2.05, 4.69) is 14.8 Å². The van der Waals surface area contributed by atoms with Gasteiger partial charge >= 0.3 is 101 Å². The third-order valence-corrected chi connectivity index (χ3v) is 7.04. The Kier molecular flexibility index (Phi) is 4.36. The van der Waals surface area contributed by atoms with Crippen LogP contribution in [-0.2, 0) is 11.2 Å². The van der Waals surface area contributed by atoms with Crippen molar-refractivity contribution in [2.45, 2.75) is 21.2 Å². The van der Waals surface area contributed by atoms with Gasteiger partial charge in [0, 0.05) is 0 Å². The summed E-state index contributed by atoms with van der Waals surface area (Å²) in [5.41, 5.74) is 0.961. The first-order valence-corrected chi connectivity index (χ1v) is 15.1. The zero-order valence-corrected chi connectivity index (χ0v) is 12.8. The maximum absolute atomic E-state index is 11.9. The summed E-state index contributed by atoms with van der Waals surface area (Å²) in [5, 5.41) is 9.02. The molecule has 0 spiro atoms. The van der Waals surface area contributed by atoms with Crippen molar-refractivity contribution in [3.8, 4) is 6.19 Å². The van der Waals surface area contributed by atoms with Crippen LogP contribution < -0.4 is 0 Å². The van der Waals surface area contributed by atoms with E-state index in [0.717, 1.165) is 5.56 Å². The van der Waals surface area contributed by atoms with E-state index in [1.54, 1.807) is 0 Å². The van der Waals surface area contributed by atoms with Crippen molar-refractivity contribution < 1.29 is 4.79 Å². The molecule has 1 aromatic rings. The minimum absolute atomic E-state index is 0.0722. The number of nitriles is 1. The first kappa shape index (κ1) is 13.0. The average Bonchev–Trinajstić information content (AvgIpc) is 2.17. The molecular weight excluding hydrogens is 307 g/mol. The molecule has 0 aliphatic rings. The molecule has 1 rings (SSSR count). The van der Waals surface area contributed by atoms with Crippen LogP contribution in [0, 0.1) is 11.5 Å². The summed E-state index contributed by atoms with van der Waals surface area (Å²) in [7, 11) is 0. The number of amides is 1. The van der Waals surface area contributed by atoms with Crippen LogP contribution in [0.25, 0.3) is 0 Å². The topological polar surface area (TPSA) is 44.1 Å². The van der Waals surface area contributed by atoms with Gasteiger partial charge in [0.2, 0.25) is 0 Å². The Morgan fingerprint density at radius 1 is 1.31 bits per heavy atom. The SMILES string of the molecule is [CH3][Sn]([CH3])([CH3])[N](C#N)C(=O)Cc1ccccc1. The molecule has 16 heavy (non-hydrogen) atoms. The van der Waals surface area contributed by atoms with Crippen LogP contribution >= 0.6 is 0 Å². The summed E-state index contributed by atoms with van der Waals surface area (Å²) >= 11 is -2.61. The quantitative estimate of drug-likeness (QED) is 0.487. The van der Waals surface area contributed by atoms with E-state index in [0.29, 0.717) is 6.42 Å². The molecule has 1 aromatic carbocycles. The van der Waals surface area contributed by atoms with Crippen LogP contribution in [0.3, 0.4) is 0 Å². The molecule has 0 fully saturated rings. The normalized spacial score (nSPS) is 10.6. The molecule has 0 aliphatic carbocycles. The molecule has 0 saturated heterocycles. The monoisotopic (exact) mass is 324 g/mol. The van der Waals surface area contributed by atoms with Crippen molar-refractivity contribution in [2.75, 3.05) is 0 Å². The van der Waals surface area contributed by atoms with Gasteiger partial charge in [-0.15, -0.1) is 0 Å². The first-order valence-electron chi connectivity index (χ1n) is 5.22. The van der Waals surface area contributed by atoms with Crippen LogP contribution in [0.1, 0.15) is 5.56 Å². The Bertz CT molecular complexity index is 403. The number of benzene rings is 1. The minimum atomic E-state index is -2.61. The predicted octanol–water partition coefficient (Wildman–Crippen LogP) is 2.37. The van der Waals surface area contributed by atoms with E-state index < -0.39 is 18.7 Å². The molecule has 0 bridgehead atoms. The molecule has 0 aliphatic heterocycles. The number of carbonyl (C=O) groups is 1. The Morgan fingerprint density at radius 3 is 2.31 bits per heavy atom. The van der Waals surface area contributed by atoms with Gasteiger partial charge < -0.3 is 0 Å². The number of carbonyl (C=O) groups excluding carboxylic acids is 1. The molecule has 0 unspecified atom stereocenters. The zero-order chi connectivity index (χ0) is 12.2. The second-order valence-electron chi connectivity index (χ2n) is 4.66. The van der Waals surface area contributed by atoms with E-state index in [1.807, 2.05) is 36.5 Å². The van der Waals surface area contributed by atoms with Crippen molar-refractivity contribution in [2.24, 2.45) is 0 Å². The number of hydrogen-bond donors (Lipinski definition) is 0. The fourth-order valence-corrected chi connectivity index (χ4v) is 4.65. The van der Waals surface area contributed by atoms with Crippen LogP contribution in [-0.4, -0.2) is 27.7 Å². The average molecular weight is 323 g/mol. The Balaban J connectivity index is 2.77. The van der Waals surface area contributed by atoms with Crippen molar-refractivity contribution in [3.05, 3.63) is 35.9 Å². The van der Waals surface area contributed by atoms with Gasteiger partial charge in [-0.25, -0.2) is 0 Å². The fourth-order valence-electron chi connectivity index (χ4n) is 1.43. The van der Waals surface area contributed by atoms with E-state index >= 15 is 0 Å². The van der Waals surface area contributed by atoms with E-state index in [9.17, 15) is 4.79 Å². The van der Waals surface area contributed by atoms with Crippen molar-refractivity contribution in [1.82, 2.24) is 3.12 Å². The number of hydrogen-bond acceptors (Lipinski definition) is 2. The second kappa shape index (κ2) is 5.35. The maximum atomic E-state index is 11.9. The van der Waals surface area contributed by atoms with Gasteiger partial charge in [-0.1, -0.05) is 0 Å². The molecule has 0 saturated carbocycles. The summed E-state index contributed by atoms with van der Waals surface area (Å²) < 4.78 is 1.43. The molecule has 0 radical (unpaired) electrons. The molecule has 0 aromatic heterocycles. The summed E-state index contributed by atoms with van der Waals surface area (Å²) in [5.74, 6) is -0.0722. The molecule has 0 atom stereocenters. The fraction of sp³-hybridized carbons (Fsp3) is 0.333. The summed E-state index contributed by atoms with van der Waals surface area (Å²) in [6.45, 7) is 0. The third-order valence-electron chi connectivity index (χ3n) is 2.22. The molecule has 0 N–H and O–H groups in total. The molecule has 3 nitrogen and oxygen atoms in total. The molecule has 0 heterocycles. The second-order valence-corrected chi connectivity index (χ2v) is 18.3. The molecular formula is C12H16N2OSn. The van der Waals surface area contributed by atoms with Gasteiger partial charge in [-0.3, -0.25) is 0 Å². The predicted molar refractivity (Wildman–Crippen MR) is 66.0 cm³/mol. The molecule has 1 amide bonds. The van der Waals surface area contributed by atoms with Gasteiger partial charge in [-0.2, -0.15) is 0 Å². The van der Waals surface area contributed by atoms with Gasteiger partial charge in [-0.05, 0) is 0 Å². The van der Waals surface area contributed by atoms with Crippen molar-refractivity contribution >= 4 is 24.6 Å². The molecule has 84 valence electrons. The summed E-state index contributed by atoms with van der Waals surface area (Å²) in [6.07, 6.45) is 2.36. The number of nitrogens with zero attached hydrogens (tertiary/aromatic N) is 2. The van der Waals surface area contributed by atoms with Gasteiger partial charge in [0.05, 0.1) is 0 Å². The van der Waals surface area contributed by atoms with Crippen LogP contribution in [0.15, 0.2) is 30.3 Å². The Labute approximate surface area is 101 Å². The Hall–Kier alpha value is -1.02.